The molecule has 0 aromatic heterocycles. The van der Waals surface area contributed by atoms with E-state index in [0.29, 0.717) is 13.0 Å². The molecular weight excluding hydrogens is 212 g/mol. The van der Waals surface area contributed by atoms with Crippen molar-refractivity contribution in [1.29, 1.82) is 0 Å². The number of hydrogen-bond donors (Lipinski definition) is 0. The first kappa shape index (κ1) is 11.9. The summed E-state index contributed by atoms with van der Waals surface area (Å²) >= 11 is 0. The zero-order valence-corrected chi connectivity index (χ0v) is 10.3. The summed E-state index contributed by atoms with van der Waals surface area (Å²) in [6, 6.07) is 6.23. The summed E-state index contributed by atoms with van der Waals surface area (Å²) in [5, 5.41) is 0. The van der Waals surface area contributed by atoms with E-state index in [1.54, 1.807) is 0 Å². The van der Waals surface area contributed by atoms with Crippen molar-refractivity contribution in [3.63, 3.8) is 0 Å². The van der Waals surface area contributed by atoms with Crippen molar-refractivity contribution in [2.45, 2.75) is 32.6 Å². The number of benzene rings is 1. The number of rotatable bonds is 3. The summed E-state index contributed by atoms with van der Waals surface area (Å²) in [6.45, 7) is 6.36. The van der Waals surface area contributed by atoms with Gasteiger partial charge in [0, 0.05) is 0 Å². The van der Waals surface area contributed by atoms with Crippen LogP contribution in [-0.4, -0.2) is 12.6 Å². The van der Waals surface area contributed by atoms with Gasteiger partial charge in [0.15, 0.2) is 0 Å². The molecule has 0 atom stereocenters. The lowest BCUT2D eigenvalue weighted by Crippen LogP contribution is -2.09. The Balaban J connectivity index is 2.18. The highest BCUT2D eigenvalue weighted by molar-refractivity contribution is 5.74. The van der Waals surface area contributed by atoms with Gasteiger partial charge in [0.1, 0.15) is 0 Å². The molecule has 0 unspecified atom stereocenters. The third kappa shape index (κ3) is 2.76. The first-order chi connectivity index (χ1) is 8.20. The summed E-state index contributed by atoms with van der Waals surface area (Å²) < 4.78 is 4.96. The molecule has 90 valence electrons. The molecule has 1 aromatic carbocycles. The molecule has 1 aliphatic rings. The minimum absolute atomic E-state index is 0.158. The average molecular weight is 230 g/mol. The Labute approximate surface area is 102 Å². The molecule has 2 rings (SSSR count). The molecule has 0 radical (unpaired) electrons. The Morgan fingerprint density at radius 1 is 1.41 bits per heavy atom. The van der Waals surface area contributed by atoms with Gasteiger partial charge in [0.2, 0.25) is 0 Å². The molecular formula is C15H18O2. The van der Waals surface area contributed by atoms with E-state index in [4.69, 9.17) is 4.74 Å². The number of ether oxygens (including phenoxy) is 1. The highest BCUT2D eigenvalue weighted by atomic mass is 16.5. The summed E-state index contributed by atoms with van der Waals surface area (Å²) in [4.78, 5) is 11.4. The Morgan fingerprint density at radius 3 is 3.00 bits per heavy atom. The second-order valence-corrected chi connectivity index (χ2v) is 4.43. The van der Waals surface area contributed by atoms with Crippen molar-refractivity contribution < 1.29 is 9.53 Å². The molecule has 0 N–H and O–H groups in total. The van der Waals surface area contributed by atoms with E-state index in [9.17, 15) is 4.79 Å². The van der Waals surface area contributed by atoms with Crippen molar-refractivity contribution in [2.75, 3.05) is 6.61 Å². The van der Waals surface area contributed by atoms with E-state index in [2.05, 4.69) is 18.7 Å². The molecule has 1 aromatic rings. The molecule has 0 spiro atoms. The molecule has 0 heterocycles. The fraction of sp³-hybridized carbons (Fsp3) is 0.400. The van der Waals surface area contributed by atoms with Crippen molar-refractivity contribution in [1.82, 2.24) is 0 Å². The number of carbonyl (C=O) groups is 1. The second kappa shape index (κ2) is 5.17. The van der Waals surface area contributed by atoms with Crippen LogP contribution in [0.4, 0.5) is 0 Å². The highest BCUT2D eigenvalue weighted by Gasteiger charge is 2.13. The summed E-state index contributed by atoms with van der Waals surface area (Å²) in [7, 11) is 0. The predicted molar refractivity (Wildman–Crippen MR) is 68.8 cm³/mol. The highest BCUT2D eigenvalue weighted by Crippen LogP contribution is 2.30. The Morgan fingerprint density at radius 2 is 2.24 bits per heavy atom. The van der Waals surface area contributed by atoms with Crippen LogP contribution in [0.3, 0.4) is 0 Å². The van der Waals surface area contributed by atoms with Gasteiger partial charge in [-0.05, 0) is 48.4 Å². The van der Waals surface area contributed by atoms with E-state index in [1.807, 2.05) is 13.0 Å². The van der Waals surface area contributed by atoms with Crippen LogP contribution in [0.2, 0.25) is 0 Å². The second-order valence-electron chi connectivity index (χ2n) is 4.43. The third-order valence-corrected chi connectivity index (χ3v) is 3.13. The summed E-state index contributed by atoms with van der Waals surface area (Å²) in [5.74, 6) is -0.158. The van der Waals surface area contributed by atoms with Gasteiger partial charge in [-0.25, -0.2) is 0 Å². The molecule has 0 saturated carbocycles. The minimum atomic E-state index is -0.158. The molecule has 0 saturated heterocycles. The minimum Gasteiger partial charge on any atom is -0.466 e. The van der Waals surface area contributed by atoms with Gasteiger partial charge in [0.05, 0.1) is 13.0 Å². The molecule has 0 fully saturated rings. The first-order valence-electron chi connectivity index (χ1n) is 6.16. The van der Waals surface area contributed by atoms with E-state index in [-0.39, 0.29) is 5.97 Å². The van der Waals surface area contributed by atoms with Gasteiger partial charge in [0.25, 0.3) is 0 Å². The molecule has 1 aliphatic carbocycles. The van der Waals surface area contributed by atoms with E-state index in [1.165, 1.54) is 23.1 Å². The zero-order chi connectivity index (χ0) is 12.3. The number of carbonyl (C=O) groups excluding carboxylic acids is 1. The van der Waals surface area contributed by atoms with Gasteiger partial charge in [-0.15, -0.1) is 0 Å². The van der Waals surface area contributed by atoms with Crippen LogP contribution < -0.4 is 0 Å². The topological polar surface area (TPSA) is 26.3 Å². The fourth-order valence-electron chi connectivity index (χ4n) is 2.29. The van der Waals surface area contributed by atoms with E-state index < -0.39 is 0 Å². The van der Waals surface area contributed by atoms with Crippen LogP contribution in [0, 0.1) is 0 Å². The lowest BCUT2D eigenvalue weighted by atomic mass is 9.87. The SMILES string of the molecule is C=C1CCCc2ccc(CC(=O)OCC)cc21. The third-order valence-electron chi connectivity index (χ3n) is 3.13. The maximum absolute atomic E-state index is 11.4. The molecule has 0 aliphatic heterocycles. The Kier molecular flexibility index (Phi) is 3.62. The van der Waals surface area contributed by atoms with Crippen LogP contribution in [0.1, 0.15) is 36.5 Å². The number of aryl methyl sites for hydroxylation is 1. The van der Waals surface area contributed by atoms with Gasteiger partial charge in [-0.2, -0.15) is 0 Å². The van der Waals surface area contributed by atoms with Crippen molar-refractivity contribution in [3.8, 4) is 0 Å². The van der Waals surface area contributed by atoms with Gasteiger partial charge >= 0.3 is 5.97 Å². The largest absolute Gasteiger partial charge is 0.466 e. The van der Waals surface area contributed by atoms with Crippen molar-refractivity contribution in [3.05, 3.63) is 41.5 Å². The smallest absolute Gasteiger partial charge is 0.310 e. The van der Waals surface area contributed by atoms with Crippen molar-refractivity contribution >= 4 is 11.5 Å². The van der Waals surface area contributed by atoms with Gasteiger partial charge < -0.3 is 4.74 Å². The molecule has 2 nitrogen and oxygen atoms in total. The average Bonchev–Trinajstić information content (AvgIpc) is 2.30. The normalized spacial score (nSPS) is 14.3. The number of fused-ring (bicyclic) bond motifs is 1. The van der Waals surface area contributed by atoms with E-state index in [0.717, 1.165) is 18.4 Å². The zero-order valence-electron chi connectivity index (χ0n) is 10.3. The number of hydrogen-bond acceptors (Lipinski definition) is 2. The van der Waals surface area contributed by atoms with Crippen molar-refractivity contribution in [2.24, 2.45) is 0 Å². The lowest BCUT2D eigenvalue weighted by molar-refractivity contribution is -0.142. The predicted octanol–water partition coefficient (Wildman–Crippen LogP) is 3.14. The van der Waals surface area contributed by atoms with Crippen LogP contribution in [0.5, 0.6) is 0 Å². The first-order valence-corrected chi connectivity index (χ1v) is 6.16. The quantitative estimate of drug-likeness (QED) is 0.746. The van der Waals surface area contributed by atoms with Crippen LogP contribution in [0.25, 0.3) is 5.57 Å². The van der Waals surface area contributed by atoms with Crippen LogP contribution in [-0.2, 0) is 22.4 Å². The maximum atomic E-state index is 11.4. The molecule has 2 heteroatoms. The summed E-state index contributed by atoms with van der Waals surface area (Å²) in [6.07, 6.45) is 3.72. The number of allylic oxidation sites excluding steroid dienone is 1. The Bertz CT molecular complexity index is 446. The van der Waals surface area contributed by atoms with Gasteiger partial charge in [-0.3, -0.25) is 4.79 Å². The molecule has 0 bridgehead atoms. The van der Waals surface area contributed by atoms with Gasteiger partial charge in [-0.1, -0.05) is 24.8 Å². The standard InChI is InChI=1S/C15H18O2/c1-3-17-15(16)10-12-7-8-13-6-4-5-11(2)14(13)9-12/h7-9H,2-6,10H2,1H3. The van der Waals surface area contributed by atoms with E-state index >= 15 is 0 Å². The molecule has 0 amide bonds. The maximum Gasteiger partial charge on any atom is 0.310 e. The Hall–Kier alpha value is -1.57. The monoisotopic (exact) mass is 230 g/mol. The fourth-order valence-corrected chi connectivity index (χ4v) is 2.29. The van der Waals surface area contributed by atoms with Crippen LogP contribution >= 0.6 is 0 Å². The van der Waals surface area contributed by atoms with Crippen LogP contribution in [0.15, 0.2) is 24.8 Å². The summed E-state index contributed by atoms with van der Waals surface area (Å²) in [5.41, 5.74) is 4.80. The number of esters is 1. The lowest BCUT2D eigenvalue weighted by Gasteiger charge is -2.18. The molecule has 17 heavy (non-hydrogen) atoms.